The highest BCUT2D eigenvalue weighted by Crippen LogP contribution is 2.19. The molecule has 9 heteroatoms. The summed E-state index contributed by atoms with van der Waals surface area (Å²) in [6.45, 7) is 0.493. The highest BCUT2D eigenvalue weighted by molar-refractivity contribution is 5.54. The summed E-state index contributed by atoms with van der Waals surface area (Å²) < 4.78 is 0. The van der Waals surface area contributed by atoms with Crippen molar-refractivity contribution in [1.29, 1.82) is 0 Å². The summed E-state index contributed by atoms with van der Waals surface area (Å²) in [6.07, 6.45) is 2.71. The number of H-pyrrole nitrogens is 2. The Kier molecular flexibility index (Phi) is 3.86. The molecule has 0 aromatic carbocycles. The van der Waals surface area contributed by atoms with Gasteiger partial charge in [-0.05, 0) is 12.5 Å². The van der Waals surface area contributed by atoms with E-state index < -0.39 is 4.92 Å². The molecule has 3 N–H and O–H groups in total. The van der Waals surface area contributed by atoms with Crippen molar-refractivity contribution < 1.29 is 4.92 Å². The Morgan fingerprint density at radius 1 is 1.47 bits per heavy atom. The van der Waals surface area contributed by atoms with Crippen LogP contribution in [0.4, 0.5) is 11.5 Å². The number of nitrogens with zero attached hydrogens (tertiary/aromatic N) is 3. The summed E-state index contributed by atoms with van der Waals surface area (Å²) in [5.41, 5.74) is -0.404. The predicted molar refractivity (Wildman–Crippen MR) is 66.9 cm³/mol. The van der Waals surface area contributed by atoms with Gasteiger partial charge in [-0.3, -0.25) is 15.1 Å². The Morgan fingerprint density at radius 2 is 2.32 bits per heavy atom. The zero-order valence-corrected chi connectivity index (χ0v) is 9.92. The molecule has 0 aliphatic rings. The minimum absolute atomic E-state index is 0.0596. The standard InChI is InChI=1S/C10H12N6O3/c17-10-13-8(14-15-10)4-2-6-12-9-7(16(18)19)3-1-5-11-9/h1,3,5H,2,4,6H2,(H,11,12)(H2,13,14,15,17). The first-order valence-corrected chi connectivity index (χ1v) is 5.63. The van der Waals surface area contributed by atoms with Gasteiger partial charge in [-0.25, -0.2) is 14.9 Å². The van der Waals surface area contributed by atoms with Crippen LogP contribution in [0.1, 0.15) is 12.2 Å². The summed E-state index contributed by atoms with van der Waals surface area (Å²) in [7, 11) is 0. The highest BCUT2D eigenvalue weighted by atomic mass is 16.6. The molecule has 2 heterocycles. The second-order valence-electron chi connectivity index (χ2n) is 3.78. The summed E-state index contributed by atoms with van der Waals surface area (Å²) in [4.78, 5) is 27.5. The molecule has 9 nitrogen and oxygen atoms in total. The molecule has 0 saturated heterocycles. The fraction of sp³-hybridized carbons (Fsp3) is 0.300. The number of aryl methyl sites for hydroxylation is 1. The van der Waals surface area contributed by atoms with Crippen molar-refractivity contribution in [2.75, 3.05) is 11.9 Å². The molecule has 2 aromatic heterocycles. The van der Waals surface area contributed by atoms with Gasteiger partial charge in [0.1, 0.15) is 5.82 Å². The van der Waals surface area contributed by atoms with Crippen LogP contribution < -0.4 is 11.0 Å². The minimum Gasteiger partial charge on any atom is -0.364 e. The van der Waals surface area contributed by atoms with Crippen LogP contribution in [0.3, 0.4) is 0 Å². The third-order valence-electron chi connectivity index (χ3n) is 2.42. The molecule has 19 heavy (non-hydrogen) atoms. The lowest BCUT2D eigenvalue weighted by atomic mass is 10.3. The Bertz CT molecular complexity index is 619. The number of rotatable bonds is 6. The number of hydrogen-bond acceptors (Lipinski definition) is 6. The third kappa shape index (κ3) is 3.37. The van der Waals surface area contributed by atoms with E-state index in [2.05, 4.69) is 25.5 Å². The molecule has 2 rings (SSSR count). The van der Waals surface area contributed by atoms with Gasteiger partial charge in [0.2, 0.25) is 5.82 Å². The van der Waals surface area contributed by atoms with E-state index in [9.17, 15) is 14.9 Å². The second kappa shape index (κ2) is 5.76. The Labute approximate surface area is 107 Å². The smallest absolute Gasteiger partial charge is 0.340 e. The van der Waals surface area contributed by atoms with E-state index in [1.807, 2.05) is 0 Å². The fourth-order valence-electron chi connectivity index (χ4n) is 1.57. The molecule has 2 aromatic rings. The maximum atomic E-state index is 10.8. The summed E-state index contributed by atoms with van der Waals surface area (Å²) in [6, 6.07) is 2.90. The molecule has 0 aliphatic carbocycles. The average molecular weight is 264 g/mol. The highest BCUT2D eigenvalue weighted by Gasteiger charge is 2.12. The normalized spacial score (nSPS) is 10.3. The average Bonchev–Trinajstić information content (AvgIpc) is 2.81. The number of pyridine rings is 1. The number of nitrogens with one attached hydrogen (secondary N) is 3. The fourth-order valence-corrected chi connectivity index (χ4v) is 1.57. The number of nitro groups is 1. The van der Waals surface area contributed by atoms with E-state index in [1.54, 1.807) is 0 Å². The van der Waals surface area contributed by atoms with Crippen LogP contribution in [0, 0.1) is 10.1 Å². The van der Waals surface area contributed by atoms with Gasteiger partial charge in [0, 0.05) is 25.2 Å². The summed E-state index contributed by atoms with van der Waals surface area (Å²) in [5.74, 6) is 0.797. The van der Waals surface area contributed by atoms with Gasteiger partial charge in [0.15, 0.2) is 0 Å². The van der Waals surface area contributed by atoms with Crippen molar-refractivity contribution in [3.05, 3.63) is 44.8 Å². The van der Waals surface area contributed by atoms with Gasteiger partial charge >= 0.3 is 11.4 Å². The largest absolute Gasteiger partial charge is 0.364 e. The molecule has 0 saturated carbocycles. The molecule has 0 spiro atoms. The lowest BCUT2D eigenvalue weighted by Gasteiger charge is -2.04. The number of anilines is 1. The molecule has 0 fully saturated rings. The molecular weight excluding hydrogens is 252 g/mol. The summed E-state index contributed by atoms with van der Waals surface area (Å²) >= 11 is 0. The summed E-state index contributed by atoms with van der Waals surface area (Å²) in [5, 5.41) is 19.7. The first-order valence-electron chi connectivity index (χ1n) is 5.63. The molecule has 0 amide bonds. The number of aromatic nitrogens is 4. The van der Waals surface area contributed by atoms with Crippen molar-refractivity contribution in [1.82, 2.24) is 20.2 Å². The molecule has 0 atom stereocenters. The van der Waals surface area contributed by atoms with Crippen LogP contribution >= 0.6 is 0 Å². The van der Waals surface area contributed by atoms with Crippen LogP contribution in [-0.4, -0.2) is 31.6 Å². The van der Waals surface area contributed by atoms with E-state index in [4.69, 9.17) is 0 Å². The quantitative estimate of drug-likeness (QED) is 0.394. The van der Waals surface area contributed by atoms with Crippen LogP contribution in [0.2, 0.25) is 0 Å². The monoisotopic (exact) mass is 264 g/mol. The van der Waals surface area contributed by atoms with E-state index in [0.29, 0.717) is 25.2 Å². The third-order valence-corrected chi connectivity index (χ3v) is 2.42. The molecule has 0 radical (unpaired) electrons. The van der Waals surface area contributed by atoms with Gasteiger partial charge in [0.05, 0.1) is 4.92 Å². The van der Waals surface area contributed by atoms with Gasteiger partial charge in [-0.1, -0.05) is 0 Å². The zero-order valence-electron chi connectivity index (χ0n) is 9.92. The predicted octanol–water partition coefficient (Wildman–Crippen LogP) is 0.446. The van der Waals surface area contributed by atoms with E-state index in [0.717, 1.165) is 0 Å². The van der Waals surface area contributed by atoms with E-state index >= 15 is 0 Å². The van der Waals surface area contributed by atoms with Crippen LogP contribution in [0.15, 0.2) is 23.1 Å². The van der Waals surface area contributed by atoms with Gasteiger partial charge < -0.3 is 5.32 Å². The maximum Gasteiger partial charge on any atom is 0.340 e. The van der Waals surface area contributed by atoms with Crippen molar-refractivity contribution in [3.8, 4) is 0 Å². The van der Waals surface area contributed by atoms with Crippen molar-refractivity contribution in [2.24, 2.45) is 0 Å². The Morgan fingerprint density at radius 3 is 3.00 bits per heavy atom. The van der Waals surface area contributed by atoms with Crippen molar-refractivity contribution in [2.45, 2.75) is 12.8 Å². The lowest BCUT2D eigenvalue weighted by Crippen LogP contribution is -2.07. The van der Waals surface area contributed by atoms with Crippen molar-refractivity contribution >= 4 is 11.5 Å². The van der Waals surface area contributed by atoms with E-state index in [1.165, 1.54) is 18.3 Å². The first-order chi connectivity index (χ1) is 9.16. The minimum atomic E-state index is -0.486. The molecular formula is C10H12N6O3. The molecule has 0 bridgehead atoms. The van der Waals surface area contributed by atoms with Crippen molar-refractivity contribution in [3.63, 3.8) is 0 Å². The molecule has 0 aliphatic heterocycles. The molecule has 100 valence electrons. The number of aromatic amines is 2. The SMILES string of the molecule is O=c1[nH]nc(CCCNc2ncccc2[N+](=O)[O-])[nH]1. The van der Waals surface area contributed by atoms with Gasteiger partial charge in [-0.15, -0.1) is 0 Å². The van der Waals surface area contributed by atoms with Gasteiger partial charge in [-0.2, -0.15) is 5.10 Å². The van der Waals surface area contributed by atoms with E-state index in [-0.39, 0.29) is 17.2 Å². The van der Waals surface area contributed by atoms with Crippen LogP contribution in [0.5, 0.6) is 0 Å². The van der Waals surface area contributed by atoms with Crippen LogP contribution in [-0.2, 0) is 6.42 Å². The van der Waals surface area contributed by atoms with Crippen LogP contribution in [0.25, 0.3) is 0 Å². The topological polar surface area (TPSA) is 130 Å². The Hall–Kier alpha value is -2.71. The number of hydrogen-bond donors (Lipinski definition) is 3. The lowest BCUT2D eigenvalue weighted by molar-refractivity contribution is -0.384. The zero-order chi connectivity index (χ0) is 13.7. The van der Waals surface area contributed by atoms with Gasteiger partial charge in [0.25, 0.3) is 0 Å². The second-order valence-corrected chi connectivity index (χ2v) is 3.78. The Balaban J connectivity index is 1.86. The molecule has 0 unspecified atom stereocenters. The maximum absolute atomic E-state index is 10.8. The first kappa shape index (κ1) is 12.7.